The van der Waals surface area contributed by atoms with Crippen molar-refractivity contribution in [3.05, 3.63) is 42.7 Å². The molecule has 2 N–H and O–H groups in total. The number of benzene rings is 1. The number of amides is 1. The van der Waals surface area contributed by atoms with Crippen molar-refractivity contribution in [1.82, 2.24) is 9.97 Å². The molecule has 1 aromatic carbocycles. The number of carbonyl (C=O) groups excluding carboxylic acids is 1. The van der Waals surface area contributed by atoms with Crippen molar-refractivity contribution in [2.45, 2.75) is 13.0 Å². The van der Waals surface area contributed by atoms with Crippen LogP contribution in [0.2, 0.25) is 0 Å². The Morgan fingerprint density at radius 1 is 1.03 bits per heavy atom. The lowest BCUT2D eigenvalue weighted by atomic mass is 10.2. The number of anilines is 3. The molecule has 4 rings (SSSR count). The number of aromatic nitrogens is 2. The number of carbonyl (C=O) groups is 1. The Kier molecular flexibility index (Phi) is 6.21. The van der Waals surface area contributed by atoms with Gasteiger partial charge in [0.25, 0.3) is 5.91 Å². The van der Waals surface area contributed by atoms with E-state index in [2.05, 4.69) is 37.2 Å². The van der Waals surface area contributed by atoms with Gasteiger partial charge in [-0.25, -0.2) is 9.97 Å². The third kappa shape index (κ3) is 4.83. The number of nitrogens with zero attached hydrogens (tertiary/aromatic N) is 4. The van der Waals surface area contributed by atoms with E-state index in [4.69, 9.17) is 4.74 Å². The van der Waals surface area contributed by atoms with Gasteiger partial charge in [-0.2, -0.15) is 0 Å². The van der Waals surface area contributed by atoms with E-state index in [9.17, 15) is 4.79 Å². The molecule has 0 saturated carbocycles. The monoisotopic (exact) mass is 397 g/mol. The minimum atomic E-state index is -0.104. The molecule has 1 atom stereocenters. The number of quaternary nitrogens is 1. The molecule has 2 aliphatic rings. The van der Waals surface area contributed by atoms with Gasteiger partial charge in [0.1, 0.15) is 0 Å². The van der Waals surface area contributed by atoms with E-state index >= 15 is 0 Å². The number of hydrogen-bond acceptors (Lipinski definition) is 6. The molecule has 3 heterocycles. The van der Waals surface area contributed by atoms with Crippen LogP contribution in [-0.2, 0) is 9.53 Å². The van der Waals surface area contributed by atoms with Crippen molar-refractivity contribution in [2.75, 3.05) is 67.6 Å². The van der Waals surface area contributed by atoms with Crippen LogP contribution in [0.4, 0.5) is 17.3 Å². The van der Waals surface area contributed by atoms with Crippen LogP contribution in [0, 0.1) is 0 Å². The second-order valence-corrected chi connectivity index (χ2v) is 7.55. The number of ether oxygens (including phenoxy) is 1. The summed E-state index contributed by atoms with van der Waals surface area (Å²) in [5.74, 6) is 0.826. The first kappa shape index (κ1) is 19.6. The van der Waals surface area contributed by atoms with Crippen LogP contribution < -0.4 is 20.0 Å². The van der Waals surface area contributed by atoms with E-state index in [0.717, 1.165) is 64.1 Å². The van der Waals surface area contributed by atoms with Gasteiger partial charge in [0.05, 0.1) is 39.4 Å². The maximum absolute atomic E-state index is 12.8. The first-order chi connectivity index (χ1) is 14.2. The van der Waals surface area contributed by atoms with Crippen molar-refractivity contribution < 1.29 is 14.4 Å². The summed E-state index contributed by atoms with van der Waals surface area (Å²) in [5.41, 5.74) is 2.01. The second-order valence-electron chi connectivity index (χ2n) is 7.55. The highest BCUT2D eigenvalue weighted by atomic mass is 16.5. The smallest absolute Gasteiger partial charge is 0.282 e. The molecule has 0 bridgehead atoms. The average molecular weight is 398 g/mol. The van der Waals surface area contributed by atoms with Crippen LogP contribution in [-0.4, -0.2) is 74.4 Å². The molecule has 2 aliphatic heterocycles. The summed E-state index contributed by atoms with van der Waals surface area (Å²) in [6, 6.07) is 9.82. The molecular weight excluding hydrogens is 368 g/mol. The fraction of sp³-hybridized carbons (Fsp3) is 0.476. The fourth-order valence-corrected chi connectivity index (χ4v) is 3.89. The van der Waals surface area contributed by atoms with Crippen LogP contribution in [0.1, 0.15) is 6.92 Å². The van der Waals surface area contributed by atoms with Gasteiger partial charge in [-0.15, -0.1) is 0 Å². The minimum Gasteiger partial charge on any atom is -0.378 e. The van der Waals surface area contributed by atoms with E-state index in [1.807, 2.05) is 25.1 Å². The van der Waals surface area contributed by atoms with E-state index < -0.39 is 0 Å². The average Bonchev–Trinajstić information content (AvgIpc) is 2.80. The predicted molar refractivity (Wildman–Crippen MR) is 113 cm³/mol. The first-order valence-corrected chi connectivity index (χ1v) is 10.3. The highest BCUT2D eigenvalue weighted by Crippen LogP contribution is 2.19. The number of rotatable bonds is 5. The van der Waals surface area contributed by atoms with Crippen LogP contribution in [0.15, 0.2) is 42.7 Å². The molecule has 1 amide bonds. The van der Waals surface area contributed by atoms with E-state index in [1.165, 1.54) is 10.6 Å². The summed E-state index contributed by atoms with van der Waals surface area (Å²) in [4.78, 5) is 27.2. The summed E-state index contributed by atoms with van der Waals surface area (Å²) < 4.78 is 5.40. The molecule has 154 valence electrons. The topological polar surface area (TPSA) is 75.0 Å². The molecule has 2 aromatic rings. The summed E-state index contributed by atoms with van der Waals surface area (Å²) >= 11 is 0. The highest BCUT2D eigenvalue weighted by Gasteiger charge is 2.30. The standard InChI is InChI=1S/C21H28N6O2/c1-17(25-9-11-27(12-10-25)21-22-7-2-8-23-21)20(28)24-18-3-5-19(6-4-18)26-13-15-29-16-14-26/h2-8,17H,9-16H2,1H3,(H,24,28)/p+1/t17-/m0/s1. The van der Waals surface area contributed by atoms with Crippen molar-refractivity contribution >= 4 is 23.2 Å². The SMILES string of the molecule is C[C@@H](C(=O)Nc1ccc(N2CCOCC2)cc1)[NH+]1CCN(c2ncccn2)CC1. The van der Waals surface area contributed by atoms with Gasteiger partial charge in [0, 0.05) is 36.9 Å². The fourth-order valence-electron chi connectivity index (χ4n) is 3.89. The molecular formula is C21H29N6O2+. The Morgan fingerprint density at radius 2 is 1.69 bits per heavy atom. The molecule has 8 heteroatoms. The Bertz CT molecular complexity index is 787. The van der Waals surface area contributed by atoms with Crippen LogP contribution >= 0.6 is 0 Å². The van der Waals surface area contributed by atoms with Crippen LogP contribution in [0.3, 0.4) is 0 Å². The number of morpholine rings is 1. The van der Waals surface area contributed by atoms with Crippen molar-refractivity contribution in [1.29, 1.82) is 0 Å². The Morgan fingerprint density at radius 3 is 2.34 bits per heavy atom. The van der Waals surface area contributed by atoms with Gasteiger partial charge in [-0.3, -0.25) is 4.79 Å². The molecule has 0 unspecified atom stereocenters. The molecule has 0 aliphatic carbocycles. The zero-order valence-electron chi connectivity index (χ0n) is 16.9. The van der Waals surface area contributed by atoms with Crippen LogP contribution in [0.5, 0.6) is 0 Å². The lowest BCUT2D eigenvalue weighted by Crippen LogP contribution is -3.19. The minimum absolute atomic E-state index is 0.0588. The number of hydrogen-bond donors (Lipinski definition) is 2. The maximum atomic E-state index is 12.8. The molecule has 2 saturated heterocycles. The largest absolute Gasteiger partial charge is 0.378 e. The van der Waals surface area contributed by atoms with Crippen molar-refractivity contribution in [2.24, 2.45) is 0 Å². The molecule has 8 nitrogen and oxygen atoms in total. The first-order valence-electron chi connectivity index (χ1n) is 10.3. The molecule has 0 spiro atoms. The lowest BCUT2D eigenvalue weighted by molar-refractivity contribution is -0.914. The molecule has 0 radical (unpaired) electrons. The maximum Gasteiger partial charge on any atom is 0.282 e. The van der Waals surface area contributed by atoms with E-state index in [1.54, 1.807) is 12.4 Å². The van der Waals surface area contributed by atoms with E-state index in [-0.39, 0.29) is 11.9 Å². The number of nitrogens with one attached hydrogen (secondary N) is 2. The summed E-state index contributed by atoms with van der Waals surface area (Å²) in [7, 11) is 0. The Hall–Kier alpha value is -2.71. The quantitative estimate of drug-likeness (QED) is 0.743. The van der Waals surface area contributed by atoms with Gasteiger partial charge in [0.15, 0.2) is 6.04 Å². The van der Waals surface area contributed by atoms with Gasteiger partial charge in [-0.05, 0) is 37.3 Å². The van der Waals surface area contributed by atoms with Crippen molar-refractivity contribution in [3.8, 4) is 0 Å². The van der Waals surface area contributed by atoms with E-state index in [0.29, 0.717) is 0 Å². The van der Waals surface area contributed by atoms with Gasteiger partial charge < -0.3 is 24.8 Å². The Balaban J connectivity index is 1.28. The summed E-state index contributed by atoms with van der Waals surface area (Å²) in [6.07, 6.45) is 3.53. The highest BCUT2D eigenvalue weighted by molar-refractivity contribution is 5.93. The van der Waals surface area contributed by atoms with Gasteiger partial charge in [-0.1, -0.05) is 0 Å². The molecule has 29 heavy (non-hydrogen) atoms. The van der Waals surface area contributed by atoms with Crippen LogP contribution in [0.25, 0.3) is 0 Å². The van der Waals surface area contributed by atoms with Gasteiger partial charge >= 0.3 is 0 Å². The zero-order valence-corrected chi connectivity index (χ0v) is 16.9. The normalized spacial score (nSPS) is 19.1. The lowest BCUT2D eigenvalue weighted by Gasteiger charge is -2.34. The number of piperazine rings is 1. The predicted octanol–water partition coefficient (Wildman–Crippen LogP) is 0.0453. The molecule has 2 fully saturated rings. The van der Waals surface area contributed by atoms with Crippen molar-refractivity contribution in [3.63, 3.8) is 0 Å². The third-order valence-corrected chi connectivity index (χ3v) is 5.76. The molecule has 1 aromatic heterocycles. The summed E-state index contributed by atoms with van der Waals surface area (Å²) in [5, 5.41) is 3.07. The second kappa shape index (κ2) is 9.19. The zero-order chi connectivity index (χ0) is 20.1. The summed E-state index contributed by atoms with van der Waals surface area (Å²) in [6.45, 7) is 8.84. The third-order valence-electron chi connectivity index (χ3n) is 5.76. The Labute approximate surface area is 171 Å². The van der Waals surface area contributed by atoms with Gasteiger partial charge in [0.2, 0.25) is 5.95 Å².